The predicted molar refractivity (Wildman–Crippen MR) is 215 cm³/mol. The summed E-state index contributed by atoms with van der Waals surface area (Å²) in [5.41, 5.74) is 9.82. The van der Waals surface area contributed by atoms with Crippen molar-refractivity contribution in [3.63, 3.8) is 0 Å². The molecule has 1 nitrogen and oxygen atoms in total. The Morgan fingerprint density at radius 3 is 1.40 bits per heavy atom. The van der Waals surface area contributed by atoms with Crippen LogP contribution >= 0.6 is 11.3 Å². The number of benzene rings is 8. The molecule has 8 aromatic carbocycles. The molecule has 10 aromatic rings. The number of rotatable bonds is 5. The molecule has 0 atom stereocenters. The van der Waals surface area contributed by atoms with E-state index in [-0.39, 0.29) is 0 Å². The Balaban J connectivity index is 1.32. The highest BCUT2D eigenvalue weighted by molar-refractivity contribution is 7.19. The first-order chi connectivity index (χ1) is 24.8. The lowest BCUT2D eigenvalue weighted by molar-refractivity contribution is 1.17. The summed E-state index contributed by atoms with van der Waals surface area (Å²) >= 11 is 1.89. The van der Waals surface area contributed by atoms with Crippen LogP contribution in [-0.4, -0.2) is 4.57 Å². The van der Waals surface area contributed by atoms with Gasteiger partial charge in [-0.05, 0) is 66.7 Å². The highest BCUT2D eigenvalue weighted by atomic mass is 32.1. The maximum Gasteiger partial charge on any atom is 0.109 e. The van der Waals surface area contributed by atoms with Crippen molar-refractivity contribution in [1.29, 1.82) is 0 Å². The average molecular weight is 654 g/mol. The molecule has 0 amide bonds. The molecular weight excluding hydrogens is 623 g/mol. The molecule has 0 N–H and O–H groups in total. The van der Waals surface area contributed by atoms with E-state index in [1.165, 1.54) is 92.0 Å². The minimum absolute atomic E-state index is 1.20. The fraction of sp³-hybridized carbons (Fsp3) is 0. The van der Waals surface area contributed by atoms with Crippen LogP contribution in [0.1, 0.15) is 0 Å². The lowest BCUT2D eigenvalue weighted by Gasteiger charge is -2.13. The van der Waals surface area contributed by atoms with E-state index in [2.05, 4.69) is 193 Å². The van der Waals surface area contributed by atoms with Gasteiger partial charge in [0.25, 0.3) is 0 Å². The summed E-state index contributed by atoms with van der Waals surface area (Å²) in [6, 6.07) is 66.2. The van der Waals surface area contributed by atoms with E-state index >= 15 is 0 Å². The molecule has 0 aliphatic heterocycles. The summed E-state index contributed by atoms with van der Waals surface area (Å²) in [5, 5.41) is 10.2. The van der Waals surface area contributed by atoms with Gasteiger partial charge < -0.3 is 4.57 Å². The summed E-state index contributed by atoms with van der Waals surface area (Å²) < 4.78 is 2.44. The number of hydrogen-bond donors (Lipinski definition) is 0. The van der Waals surface area contributed by atoms with Gasteiger partial charge in [0, 0.05) is 33.2 Å². The molecule has 0 spiro atoms. The van der Waals surface area contributed by atoms with Crippen LogP contribution in [0, 0.1) is 0 Å². The Hall–Kier alpha value is -6.22. The summed E-state index contributed by atoms with van der Waals surface area (Å²) in [6.07, 6.45) is 2.34. The van der Waals surface area contributed by atoms with Crippen molar-refractivity contribution in [3.8, 4) is 48.8 Å². The summed E-state index contributed by atoms with van der Waals surface area (Å²) in [5.74, 6) is 0. The van der Waals surface area contributed by atoms with Crippen molar-refractivity contribution in [3.05, 3.63) is 188 Å². The lowest BCUT2D eigenvalue weighted by Crippen LogP contribution is -1.92. The van der Waals surface area contributed by atoms with Crippen LogP contribution in [0.4, 0.5) is 0 Å². The van der Waals surface area contributed by atoms with Crippen molar-refractivity contribution in [2.24, 2.45) is 0 Å². The molecular formula is C48H31NS. The first-order valence-electron chi connectivity index (χ1n) is 17.1. The van der Waals surface area contributed by atoms with E-state index in [4.69, 9.17) is 0 Å². The lowest BCUT2D eigenvalue weighted by atomic mass is 9.91. The molecule has 2 heterocycles. The van der Waals surface area contributed by atoms with Crippen molar-refractivity contribution in [2.45, 2.75) is 0 Å². The Bertz CT molecular complexity index is 2810. The van der Waals surface area contributed by atoms with Crippen LogP contribution in [0.25, 0.3) is 92.0 Å². The van der Waals surface area contributed by atoms with Crippen LogP contribution in [0.5, 0.6) is 0 Å². The van der Waals surface area contributed by atoms with Crippen LogP contribution < -0.4 is 0 Å². The fourth-order valence-corrected chi connectivity index (χ4v) is 9.12. The molecule has 0 unspecified atom stereocenters. The summed E-state index contributed by atoms with van der Waals surface area (Å²) in [4.78, 5) is 1.27. The normalized spacial score (nSPS) is 11.6. The monoisotopic (exact) mass is 653 g/mol. The van der Waals surface area contributed by atoms with E-state index in [1.54, 1.807) is 0 Å². The number of para-hydroxylation sites is 1. The minimum Gasteiger partial charge on any atom is -0.307 e. The number of nitrogens with zero attached hydrogens (tertiary/aromatic N) is 1. The van der Waals surface area contributed by atoms with E-state index in [9.17, 15) is 0 Å². The molecule has 0 bridgehead atoms. The van der Waals surface area contributed by atoms with Gasteiger partial charge in [0.2, 0.25) is 0 Å². The molecule has 0 saturated carbocycles. The van der Waals surface area contributed by atoms with Gasteiger partial charge >= 0.3 is 0 Å². The maximum atomic E-state index is 2.44. The standard InChI is InChI=1S/C48H31NS/c1-4-16-32(17-5-1)43-31-49(44-27-15-14-26-41(43)44)48-46(34-20-8-3-9-21-34)45(33-18-6-2-7-19-33)47(50-48)35-28-29-40-38-24-11-10-22-36(38)37-23-12-13-25-39(37)42(40)30-35/h1-31H. The molecule has 0 radical (unpaired) electrons. The molecule has 2 heteroatoms. The maximum absolute atomic E-state index is 2.44. The smallest absolute Gasteiger partial charge is 0.109 e. The number of aromatic nitrogens is 1. The zero-order chi connectivity index (χ0) is 33.0. The van der Waals surface area contributed by atoms with Crippen molar-refractivity contribution < 1.29 is 0 Å². The van der Waals surface area contributed by atoms with Gasteiger partial charge in [-0.25, -0.2) is 0 Å². The zero-order valence-corrected chi connectivity index (χ0v) is 28.1. The highest BCUT2D eigenvalue weighted by Gasteiger charge is 2.25. The summed E-state index contributed by atoms with van der Waals surface area (Å²) in [7, 11) is 0. The van der Waals surface area contributed by atoms with Gasteiger partial charge in [-0.2, -0.15) is 0 Å². The predicted octanol–water partition coefficient (Wildman–Crippen LogP) is 13.8. The molecule has 2 aromatic heterocycles. The second-order valence-corrected chi connectivity index (χ2v) is 13.9. The second-order valence-electron chi connectivity index (χ2n) is 12.9. The van der Waals surface area contributed by atoms with Crippen LogP contribution in [0.2, 0.25) is 0 Å². The average Bonchev–Trinajstić information content (AvgIpc) is 3.79. The fourth-order valence-electron chi connectivity index (χ4n) is 7.79. The van der Waals surface area contributed by atoms with E-state index in [0.29, 0.717) is 0 Å². The third-order valence-corrected chi connectivity index (χ3v) is 11.3. The van der Waals surface area contributed by atoms with Crippen molar-refractivity contribution in [2.75, 3.05) is 0 Å². The topological polar surface area (TPSA) is 4.93 Å². The third kappa shape index (κ3) is 4.53. The van der Waals surface area contributed by atoms with Crippen LogP contribution in [0.3, 0.4) is 0 Å². The molecule has 0 saturated heterocycles. The van der Waals surface area contributed by atoms with E-state index < -0.39 is 0 Å². The molecule has 10 rings (SSSR count). The molecule has 0 fully saturated rings. The van der Waals surface area contributed by atoms with Gasteiger partial charge in [-0.15, -0.1) is 11.3 Å². The van der Waals surface area contributed by atoms with Gasteiger partial charge in [0.05, 0.1) is 5.52 Å². The van der Waals surface area contributed by atoms with E-state index in [1.807, 2.05) is 11.3 Å². The van der Waals surface area contributed by atoms with Crippen LogP contribution in [0.15, 0.2) is 188 Å². The van der Waals surface area contributed by atoms with Gasteiger partial charge in [-0.3, -0.25) is 0 Å². The first kappa shape index (κ1) is 28.8. The van der Waals surface area contributed by atoms with Crippen molar-refractivity contribution >= 4 is 54.6 Å². The molecule has 0 aliphatic carbocycles. The zero-order valence-electron chi connectivity index (χ0n) is 27.3. The van der Waals surface area contributed by atoms with E-state index in [0.717, 1.165) is 0 Å². The minimum atomic E-state index is 1.20. The molecule has 234 valence electrons. The summed E-state index contributed by atoms with van der Waals surface area (Å²) in [6.45, 7) is 0. The Kier molecular flexibility index (Phi) is 6.75. The highest BCUT2D eigenvalue weighted by Crippen LogP contribution is 2.52. The van der Waals surface area contributed by atoms with Gasteiger partial charge in [-0.1, -0.05) is 170 Å². The van der Waals surface area contributed by atoms with Crippen LogP contribution in [-0.2, 0) is 0 Å². The Labute approximate surface area is 295 Å². The quantitative estimate of drug-likeness (QED) is 0.163. The second kappa shape index (κ2) is 11.7. The molecule has 50 heavy (non-hydrogen) atoms. The largest absolute Gasteiger partial charge is 0.307 e. The number of hydrogen-bond acceptors (Lipinski definition) is 1. The number of thiophene rings is 1. The third-order valence-electron chi connectivity index (χ3n) is 10.0. The van der Waals surface area contributed by atoms with Crippen molar-refractivity contribution in [1.82, 2.24) is 4.57 Å². The molecule has 0 aliphatic rings. The van der Waals surface area contributed by atoms with Gasteiger partial charge in [0.15, 0.2) is 0 Å². The SMILES string of the molecule is c1ccc(-c2c(-c3ccc4c5ccccc5c5ccccc5c4c3)sc(-n3cc(-c4ccccc4)c4ccccc43)c2-c2ccccc2)cc1. The van der Waals surface area contributed by atoms with Gasteiger partial charge in [0.1, 0.15) is 5.00 Å². The first-order valence-corrected chi connectivity index (χ1v) is 17.9. The number of fused-ring (bicyclic) bond motifs is 7. The Morgan fingerprint density at radius 1 is 0.340 bits per heavy atom. The Morgan fingerprint density at radius 2 is 0.800 bits per heavy atom.